The molecule has 0 saturated heterocycles. The molecule has 3 aromatic rings. The third-order valence-corrected chi connectivity index (χ3v) is 4.29. The molecular formula is C21H14N4O2. The van der Waals surface area contributed by atoms with Crippen molar-refractivity contribution in [1.82, 2.24) is 4.98 Å². The van der Waals surface area contributed by atoms with Crippen molar-refractivity contribution in [3.8, 4) is 11.8 Å². The van der Waals surface area contributed by atoms with Crippen LogP contribution in [-0.2, 0) is 4.79 Å². The number of pyridine rings is 1. The lowest BCUT2D eigenvalue weighted by atomic mass is 9.91. The number of carbonyl (C=O) groups is 1. The van der Waals surface area contributed by atoms with Crippen LogP contribution in [0.25, 0.3) is 10.9 Å². The minimum absolute atomic E-state index is 0.0242. The summed E-state index contributed by atoms with van der Waals surface area (Å²) in [5, 5.41) is 17.9. The van der Waals surface area contributed by atoms with Crippen molar-refractivity contribution in [2.45, 2.75) is 5.92 Å². The van der Waals surface area contributed by atoms with E-state index in [1.807, 2.05) is 24.3 Å². The highest BCUT2D eigenvalue weighted by Gasteiger charge is 2.27. The zero-order chi connectivity index (χ0) is 18.6. The molecule has 0 aliphatic carbocycles. The van der Waals surface area contributed by atoms with Gasteiger partial charge in [0.05, 0.1) is 23.1 Å². The third-order valence-electron chi connectivity index (χ3n) is 4.29. The molecule has 0 spiro atoms. The number of rotatable bonds is 4. The molecule has 0 N–H and O–H groups in total. The van der Waals surface area contributed by atoms with Gasteiger partial charge in [-0.25, -0.2) is 0 Å². The second kappa shape index (κ2) is 7.18. The Hall–Kier alpha value is -3.85. The standard InChI is InChI=1S/C21H14N4O2/c22-11-14-3-1-4-15(9-14)18-12-24-25-20(21(18)26)13-27-17-6-7-19-16(10-17)5-2-8-23-19/h1-10,12,18H,13H2. The molecule has 0 saturated carbocycles. The molecule has 0 fully saturated rings. The van der Waals surface area contributed by atoms with Gasteiger partial charge in [0.1, 0.15) is 18.1 Å². The summed E-state index contributed by atoms with van der Waals surface area (Å²) in [5.41, 5.74) is 2.33. The first kappa shape index (κ1) is 16.6. The van der Waals surface area contributed by atoms with Crippen LogP contribution in [0, 0.1) is 11.3 Å². The van der Waals surface area contributed by atoms with Crippen molar-refractivity contribution in [2.24, 2.45) is 10.2 Å². The van der Waals surface area contributed by atoms with Gasteiger partial charge in [-0.1, -0.05) is 18.2 Å². The molecule has 1 aromatic heterocycles. The first-order valence-corrected chi connectivity index (χ1v) is 8.36. The first-order chi connectivity index (χ1) is 13.2. The summed E-state index contributed by atoms with van der Waals surface area (Å²) < 4.78 is 5.75. The highest BCUT2D eigenvalue weighted by atomic mass is 16.5. The number of fused-ring (bicyclic) bond motifs is 1. The SMILES string of the molecule is N#Cc1cccc(C2C=NN=C(COc3ccc4ncccc4c3)C2=O)c1. The Labute approximate surface area is 155 Å². The van der Waals surface area contributed by atoms with Crippen molar-refractivity contribution in [3.63, 3.8) is 0 Å². The molecule has 0 radical (unpaired) electrons. The van der Waals surface area contributed by atoms with E-state index in [9.17, 15) is 4.79 Å². The number of hydrogen-bond acceptors (Lipinski definition) is 6. The van der Waals surface area contributed by atoms with Gasteiger partial charge in [-0.2, -0.15) is 10.4 Å². The number of ether oxygens (including phenoxy) is 1. The van der Waals surface area contributed by atoms with E-state index in [1.165, 1.54) is 6.21 Å². The van der Waals surface area contributed by atoms with E-state index >= 15 is 0 Å². The second-order valence-electron chi connectivity index (χ2n) is 6.04. The van der Waals surface area contributed by atoms with Gasteiger partial charge in [-0.15, -0.1) is 5.10 Å². The second-order valence-corrected chi connectivity index (χ2v) is 6.04. The summed E-state index contributed by atoms with van der Waals surface area (Å²) >= 11 is 0. The zero-order valence-electron chi connectivity index (χ0n) is 14.2. The Bertz CT molecular complexity index is 1130. The van der Waals surface area contributed by atoms with Crippen molar-refractivity contribution in [3.05, 3.63) is 71.9 Å². The normalized spacial score (nSPS) is 16.0. The summed E-state index contributed by atoms with van der Waals surface area (Å²) in [4.78, 5) is 17.0. The molecule has 1 aliphatic rings. The van der Waals surface area contributed by atoms with Gasteiger partial charge < -0.3 is 4.74 Å². The molecule has 1 aliphatic heterocycles. The van der Waals surface area contributed by atoms with E-state index in [2.05, 4.69) is 21.3 Å². The van der Waals surface area contributed by atoms with E-state index in [-0.39, 0.29) is 18.1 Å². The summed E-state index contributed by atoms with van der Waals surface area (Å²) in [7, 11) is 0. The molecule has 6 heteroatoms. The van der Waals surface area contributed by atoms with Crippen LogP contribution in [0.15, 0.2) is 71.0 Å². The average Bonchev–Trinajstić information content (AvgIpc) is 2.73. The highest BCUT2D eigenvalue weighted by molar-refractivity contribution is 6.45. The molecule has 0 bridgehead atoms. The summed E-state index contributed by atoms with van der Waals surface area (Å²) in [6.07, 6.45) is 3.22. The Morgan fingerprint density at radius 3 is 2.93 bits per heavy atom. The first-order valence-electron chi connectivity index (χ1n) is 8.36. The molecule has 6 nitrogen and oxygen atoms in total. The summed E-state index contributed by atoms with van der Waals surface area (Å²) in [6.45, 7) is 0.0242. The monoisotopic (exact) mass is 354 g/mol. The van der Waals surface area contributed by atoms with Gasteiger partial charge in [-0.05, 0) is 42.0 Å². The maximum Gasteiger partial charge on any atom is 0.195 e. The lowest BCUT2D eigenvalue weighted by Crippen LogP contribution is -2.30. The van der Waals surface area contributed by atoms with Crippen LogP contribution >= 0.6 is 0 Å². The molecular weight excluding hydrogens is 340 g/mol. The smallest absolute Gasteiger partial charge is 0.195 e. The fourth-order valence-corrected chi connectivity index (χ4v) is 2.90. The topological polar surface area (TPSA) is 87.7 Å². The summed E-state index contributed by atoms with van der Waals surface area (Å²) in [5.74, 6) is -0.110. The van der Waals surface area contributed by atoms with E-state index in [0.29, 0.717) is 16.9 Å². The third kappa shape index (κ3) is 3.44. The van der Waals surface area contributed by atoms with E-state index in [4.69, 9.17) is 10.00 Å². The van der Waals surface area contributed by atoms with Gasteiger partial charge in [0.2, 0.25) is 0 Å². The lowest BCUT2D eigenvalue weighted by molar-refractivity contribution is -0.113. The highest BCUT2D eigenvalue weighted by Crippen LogP contribution is 2.22. The predicted octanol–water partition coefficient (Wildman–Crippen LogP) is 3.28. The molecule has 4 rings (SSSR count). The molecule has 2 heterocycles. The number of carbonyl (C=O) groups excluding carboxylic acids is 1. The van der Waals surface area contributed by atoms with Crippen LogP contribution in [0.5, 0.6) is 5.75 Å². The number of Topliss-reactive ketones (excluding diaryl/α,β-unsaturated/α-hetero) is 1. The molecule has 1 atom stereocenters. The Morgan fingerprint density at radius 2 is 2.04 bits per heavy atom. The quantitative estimate of drug-likeness (QED) is 0.719. The molecule has 0 amide bonds. The Kier molecular flexibility index (Phi) is 4.42. The lowest BCUT2D eigenvalue weighted by Gasteiger charge is -2.16. The van der Waals surface area contributed by atoms with Crippen molar-refractivity contribution >= 4 is 28.6 Å². The largest absolute Gasteiger partial charge is 0.487 e. The van der Waals surface area contributed by atoms with Gasteiger partial charge in [0, 0.05) is 17.8 Å². The number of nitriles is 1. The minimum Gasteiger partial charge on any atom is -0.487 e. The molecule has 130 valence electrons. The molecule has 27 heavy (non-hydrogen) atoms. The van der Waals surface area contributed by atoms with Crippen molar-refractivity contribution in [2.75, 3.05) is 6.61 Å². The Balaban J connectivity index is 1.50. The number of nitrogens with zero attached hydrogens (tertiary/aromatic N) is 4. The van der Waals surface area contributed by atoms with Crippen LogP contribution < -0.4 is 4.74 Å². The minimum atomic E-state index is -0.560. The summed E-state index contributed by atoms with van der Waals surface area (Å²) in [6, 6.07) is 18.4. The van der Waals surface area contributed by atoms with Crippen molar-refractivity contribution in [1.29, 1.82) is 5.26 Å². The van der Waals surface area contributed by atoms with E-state index < -0.39 is 5.92 Å². The molecule has 1 unspecified atom stereocenters. The van der Waals surface area contributed by atoms with E-state index in [0.717, 1.165) is 10.9 Å². The van der Waals surface area contributed by atoms with E-state index in [1.54, 1.807) is 36.5 Å². The number of aromatic nitrogens is 1. The van der Waals surface area contributed by atoms with Gasteiger partial charge in [0.15, 0.2) is 5.78 Å². The van der Waals surface area contributed by atoms with Crippen molar-refractivity contribution < 1.29 is 9.53 Å². The maximum absolute atomic E-state index is 12.8. The van der Waals surface area contributed by atoms with Crippen LogP contribution in [0.4, 0.5) is 0 Å². The predicted molar refractivity (Wildman–Crippen MR) is 102 cm³/mol. The van der Waals surface area contributed by atoms with Gasteiger partial charge >= 0.3 is 0 Å². The maximum atomic E-state index is 12.8. The van der Waals surface area contributed by atoms with Crippen LogP contribution in [-0.4, -0.2) is 29.3 Å². The molecule has 2 aromatic carbocycles. The number of benzene rings is 2. The Morgan fingerprint density at radius 1 is 1.11 bits per heavy atom. The number of hydrogen-bond donors (Lipinski definition) is 0. The van der Waals surface area contributed by atoms with Crippen LogP contribution in [0.3, 0.4) is 0 Å². The van der Waals surface area contributed by atoms with Crippen LogP contribution in [0.2, 0.25) is 0 Å². The zero-order valence-corrected chi connectivity index (χ0v) is 14.2. The van der Waals surface area contributed by atoms with Gasteiger partial charge in [0.25, 0.3) is 0 Å². The number of ketones is 1. The fourth-order valence-electron chi connectivity index (χ4n) is 2.90. The fraction of sp³-hybridized carbons (Fsp3) is 0.0952. The van der Waals surface area contributed by atoms with Gasteiger partial charge in [-0.3, -0.25) is 9.78 Å². The average molecular weight is 354 g/mol. The van der Waals surface area contributed by atoms with Crippen LogP contribution in [0.1, 0.15) is 17.0 Å².